The fraction of sp³-hybridized carbons (Fsp3) is 0.409. The quantitative estimate of drug-likeness (QED) is 0.555. The zero-order chi connectivity index (χ0) is 20.8. The Morgan fingerprint density at radius 2 is 2.20 bits per heavy atom. The molecule has 1 fully saturated rings. The van der Waals surface area contributed by atoms with Crippen molar-refractivity contribution in [3.8, 4) is 16.9 Å². The smallest absolute Gasteiger partial charge is 0.326 e. The second-order valence-electron chi connectivity index (χ2n) is 7.91. The highest BCUT2D eigenvalue weighted by Crippen LogP contribution is 2.38. The van der Waals surface area contributed by atoms with Gasteiger partial charge in [-0.15, -0.1) is 0 Å². The van der Waals surface area contributed by atoms with E-state index in [0.717, 1.165) is 64.0 Å². The van der Waals surface area contributed by atoms with Gasteiger partial charge in [0.15, 0.2) is 0 Å². The van der Waals surface area contributed by atoms with Crippen LogP contribution in [-0.2, 0) is 11.3 Å². The number of aryl methyl sites for hydroxylation is 2. The van der Waals surface area contributed by atoms with Gasteiger partial charge in [0.25, 0.3) is 0 Å². The maximum absolute atomic E-state index is 12.7. The molecule has 8 heteroatoms. The number of benzene rings is 1. The Morgan fingerprint density at radius 1 is 1.33 bits per heavy atom. The Bertz CT molecular complexity index is 1270. The molecule has 0 amide bonds. The Morgan fingerprint density at radius 3 is 2.90 bits per heavy atom. The third-order valence-corrected chi connectivity index (χ3v) is 5.92. The summed E-state index contributed by atoms with van der Waals surface area (Å²) in [7, 11) is 1.64. The SMILES string of the molecule is COc1cc2c(cc1-c1c(C)noc1C)ncc1[nH]c(=O)n(CC3CCCOC3)c12. The molecule has 0 aliphatic carbocycles. The van der Waals surface area contributed by atoms with Gasteiger partial charge in [0.05, 0.1) is 47.7 Å². The number of aromatic nitrogens is 4. The number of nitrogens with one attached hydrogen (secondary N) is 1. The van der Waals surface area contributed by atoms with Gasteiger partial charge in [-0.05, 0) is 38.8 Å². The Balaban J connectivity index is 1.72. The third-order valence-electron chi connectivity index (χ3n) is 5.92. The Kier molecular flexibility index (Phi) is 4.58. The number of rotatable bonds is 4. The maximum Gasteiger partial charge on any atom is 0.326 e. The van der Waals surface area contributed by atoms with Crippen molar-refractivity contribution in [2.24, 2.45) is 5.92 Å². The van der Waals surface area contributed by atoms with Crippen molar-refractivity contribution in [1.82, 2.24) is 19.7 Å². The van der Waals surface area contributed by atoms with Crippen LogP contribution in [0.25, 0.3) is 33.1 Å². The minimum atomic E-state index is -0.126. The topological polar surface area (TPSA) is 95.2 Å². The van der Waals surface area contributed by atoms with Crippen LogP contribution in [0, 0.1) is 19.8 Å². The van der Waals surface area contributed by atoms with Crippen LogP contribution in [-0.4, -0.2) is 40.0 Å². The van der Waals surface area contributed by atoms with Gasteiger partial charge in [0, 0.05) is 30.0 Å². The van der Waals surface area contributed by atoms with Crippen LogP contribution in [0.1, 0.15) is 24.3 Å². The molecule has 1 saturated heterocycles. The summed E-state index contributed by atoms with van der Waals surface area (Å²) < 4.78 is 18.5. The van der Waals surface area contributed by atoms with Crippen molar-refractivity contribution in [3.63, 3.8) is 0 Å². The van der Waals surface area contributed by atoms with E-state index in [-0.39, 0.29) is 5.69 Å². The zero-order valence-electron chi connectivity index (χ0n) is 17.3. The molecule has 4 aromatic rings. The number of hydrogen-bond donors (Lipinski definition) is 1. The first-order chi connectivity index (χ1) is 14.6. The molecule has 0 spiro atoms. The van der Waals surface area contributed by atoms with Gasteiger partial charge >= 0.3 is 5.69 Å². The minimum absolute atomic E-state index is 0.126. The van der Waals surface area contributed by atoms with Crippen molar-refractivity contribution in [2.75, 3.05) is 20.3 Å². The van der Waals surface area contributed by atoms with E-state index in [2.05, 4.69) is 15.1 Å². The molecule has 1 aliphatic heterocycles. The molecule has 1 atom stereocenters. The molecule has 30 heavy (non-hydrogen) atoms. The van der Waals surface area contributed by atoms with E-state index >= 15 is 0 Å². The zero-order valence-corrected chi connectivity index (χ0v) is 17.3. The third kappa shape index (κ3) is 2.99. The standard InChI is InChI=1S/C22H24N4O4/c1-12-20(13(2)30-25-12)16-7-17-15(8-19(16)28-3)21-18(9-23-17)24-22(27)26(21)10-14-5-4-6-29-11-14/h7-9,14H,4-6,10-11H2,1-3H3,(H,24,27). The largest absolute Gasteiger partial charge is 0.496 e. The number of H-pyrrole nitrogens is 1. The number of methoxy groups -OCH3 is 1. The summed E-state index contributed by atoms with van der Waals surface area (Å²) in [5.41, 5.74) is 4.79. The van der Waals surface area contributed by atoms with Crippen LogP contribution in [0.3, 0.4) is 0 Å². The fourth-order valence-corrected chi connectivity index (χ4v) is 4.49. The molecule has 156 valence electrons. The molecule has 0 saturated carbocycles. The number of imidazole rings is 1. The van der Waals surface area contributed by atoms with E-state index in [9.17, 15) is 4.79 Å². The lowest BCUT2D eigenvalue weighted by Gasteiger charge is -2.22. The summed E-state index contributed by atoms with van der Waals surface area (Å²) in [4.78, 5) is 20.3. The van der Waals surface area contributed by atoms with Gasteiger partial charge in [-0.25, -0.2) is 4.79 Å². The lowest BCUT2D eigenvalue weighted by molar-refractivity contribution is 0.0485. The van der Waals surface area contributed by atoms with Crippen LogP contribution in [0.5, 0.6) is 5.75 Å². The molecule has 5 rings (SSSR count). The van der Waals surface area contributed by atoms with E-state index in [4.69, 9.17) is 14.0 Å². The first-order valence-corrected chi connectivity index (χ1v) is 10.2. The fourth-order valence-electron chi connectivity index (χ4n) is 4.49. The van der Waals surface area contributed by atoms with Crippen molar-refractivity contribution in [1.29, 1.82) is 0 Å². The van der Waals surface area contributed by atoms with Crippen molar-refractivity contribution < 1.29 is 14.0 Å². The summed E-state index contributed by atoms with van der Waals surface area (Å²) in [5, 5.41) is 4.94. The van der Waals surface area contributed by atoms with Crippen LogP contribution in [0.2, 0.25) is 0 Å². The molecular formula is C22H24N4O4. The van der Waals surface area contributed by atoms with Crippen LogP contribution >= 0.6 is 0 Å². The highest BCUT2D eigenvalue weighted by molar-refractivity contribution is 6.04. The predicted molar refractivity (Wildman–Crippen MR) is 113 cm³/mol. The number of nitrogens with zero attached hydrogens (tertiary/aromatic N) is 3. The van der Waals surface area contributed by atoms with Crippen LogP contribution in [0.4, 0.5) is 0 Å². The van der Waals surface area contributed by atoms with E-state index in [1.807, 2.05) is 30.5 Å². The average Bonchev–Trinajstić information content (AvgIpc) is 3.26. The number of fused-ring (bicyclic) bond motifs is 3. The van der Waals surface area contributed by atoms with Gasteiger partial charge < -0.3 is 19.0 Å². The second-order valence-corrected chi connectivity index (χ2v) is 7.91. The second kappa shape index (κ2) is 7.28. The molecule has 0 bridgehead atoms. The molecule has 3 aromatic heterocycles. The van der Waals surface area contributed by atoms with Crippen LogP contribution in [0.15, 0.2) is 27.6 Å². The van der Waals surface area contributed by atoms with E-state index in [0.29, 0.717) is 24.8 Å². The van der Waals surface area contributed by atoms with E-state index in [1.165, 1.54) is 0 Å². The Hall–Kier alpha value is -3.13. The number of aromatic amines is 1. The molecule has 4 heterocycles. The lowest BCUT2D eigenvalue weighted by Crippen LogP contribution is -2.27. The molecule has 8 nitrogen and oxygen atoms in total. The summed E-state index contributed by atoms with van der Waals surface area (Å²) in [6, 6.07) is 3.93. The lowest BCUT2D eigenvalue weighted by atomic mass is 10.00. The summed E-state index contributed by atoms with van der Waals surface area (Å²) >= 11 is 0. The van der Waals surface area contributed by atoms with Crippen molar-refractivity contribution in [2.45, 2.75) is 33.2 Å². The predicted octanol–water partition coefficient (Wildman–Crippen LogP) is 3.58. The average molecular weight is 408 g/mol. The molecular weight excluding hydrogens is 384 g/mol. The summed E-state index contributed by atoms with van der Waals surface area (Å²) in [6.45, 7) is 5.88. The molecule has 0 radical (unpaired) electrons. The van der Waals surface area contributed by atoms with Crippen molar-refractivity contribution in [3.05, 3.63) is 40.3 Å². The highest BCUT2D eigenvalue weighted by Gasteiger charge is 2.21. The number of pyridine rings is 1. The number of hydrogen-bond acceptors (Lipinski definition) is 6. The summed E-state index contributed by atoms with van der Waals surface area (Å²) in [6.07, 6.45) is 3.80. The van der Waals surface area contributed by atoms with E-state index in [1.54, 1.807) is 13.3 Å². The van der Waals surface area contributed by atoms with Crippen molar-refractivity contribution >= 4 is 21.9 Å². The minimum Gasteiger partial charge on any atom is -0.496 e. The van der Waals surface area contributed by atoms with Gasteiger partial charge in [-0.2, -0.15) is 0 Å². The summed E-state index contributed by atoms with van der Waals surface area (Å²) in [5.74, 6) is 1.73. The van der Waals surface area contributed by atoms with Crippen LogP contribution < -0.4 is 10.4 Å². The molecule has 1 aliphatic rings. The normalized spacial score (nSPS) is 17.1. The number of ether oxygens (including phenoxy) is 2. The first-order valence-electron chi connectivity index (χ1n) is 10.2. The maximum atomic E-state index is 12.7. The Labute approximate surface area is 172 Å². The monoisotopic (exact) mass is 408 g/mol. The van der Waals surface area contributed by atoms with E-state index < -0.39 is 0 Å². The molecule has 1 N–H and O–H groups in total. The first kappa shape index (κ1) is 18.9. The molecule has 1 unspecified atom stereocenters. The highest BCUT2D eigenvalue weighted by atomic mass is 16.5. The molecule has 1 aromatic carbocycles. The van der Waals surface area contributed by atoms with Gasteiger partial charge in [0.1, 0.15) is 11.5 Å². The van der Waals surface area contributed by atoms with Gasteiger partial charge in [-0.1, -0.05) is 5.16 Å². The van der Waals surface area contributed by atoms with Gasteiger partial charge in [0.2, 0.25) is 0 Å². The van der Waals surface area contributed by atoms with Gasteiger partial charge in [-0.3, -0.25) is 9.55 Å².